The van der Waals surface area contributed by atoms with Crippen LogP contribution in [-0.4, -0.2) is 62.7 Å². The summed E-state index contributed by atoms with van der Waals surface area (Å²) in [5, 5.41) is 5.83. The van der Waals surface area contributed by atoms with Gasteiger partial charge >= 0.3 is 6.03 Å². The second kappa shape index (κ2) is 11.5. The fourth-order valence-corrected chi connectivity index (χ4v) is 3.54. The average Bonchev–Trinajstić information content (AvgIpc) is 3.05. The van der Waals surface area contributed by atoms with Gasteiger partial charge in [0.25, 0.3) is 0 Å². The van der Waals surface area contributed by atoms with Crippen LogP contribution < -0.4 is 20.3 Å². The molecule has 0 bridgehead atoms. The number of urea groups is 1. The molecule has 2 N–H and O–H groups in total. The number of rotatable bonds is 11. The lowest BCUT2D eigenvalue weighted by atomic mass is 10.2. The van der Waals surface area contributed by atoms with Crippen molar-refractivity contribution >= 4 is 17.6 Å². The third-order valence-corrected chi connectivity index (χ3v) is 4.84. The monoisotopic (exact) mass is 390 g/mol. The highest BCUT2D eigenvalue weighted by atomic mass is 16.5. The Hall–Kier alpha value is -2.28. The van der Waals surface area contributed by atoms with E-state index in [1.807, 2.05) is 24.3 Å². The molecule has 7 heteroatoms. The molecule has 1 atom stereocenters. The molecule has 28 heavy (non-hydrogen) atoms. The van der Waals surface area contributed by atoms with Gasteiger partial charge in [-0.25, -0.2) is 4.79 Å². The van der Waals surface area contributed by atoms with Crippen LogP contribution in [0.2, 0.25) is 0 Å². The van der Waals surface area contributed by atoms with Crippen LogP contribution in [0.1, 0.15) is 39.5 Å². The van der Waals surface area contributed by atoms with E-state index in [1.54, 1.807) is 12.0 Å². The first-order valence-corrected chi connectivity index (χ1v) is 10.3. The smallest absolute Gasteiger partial charge is 0.315 e. The number of nitrogens with one attached hydrogen (secondary N) is 2. The van der Waals surface area contributed by atoms with E-state index in [9.17, 15) is 9.59 Å². The number of methoxy groups -OCH3 is 1. The first kappa shape index (κ1) is 22.0. The fourth-order valence-electron chi connectivity index (χ4n) is 3.54. The molecule has 0 aliphatic carbocycles. The van der Waals surface area contributed by atoms with Crippen LogP contribution in [0.15, 0.2) is 24.3 Å². The van der Waals surface area contributed by atoms with Gasteiger partial charge in [0, 0.05) is 31.3 Å². The third kappa shape index (κ3) is 6.71. The Morgan fingerprint density at radius 3 is 2.68 bits per heavy atom. The molecule has 1 aliphatic rings. The Balaban J connectivity index is 1.73. The predicted octanol–water partition coefficient (Wildman–Crippen LogP) is 2.61. The van der Waals surface area contributed by atoms with Gasteiger partial charge in [0.15, 0.2) is 0 Å². The van der Waals surface area contributed by atoms with Crippen molar-refractivity contribution in [2.45, 2.75) is 45.6 Å². The maximum Gasteiger partial charge on any atom is 0.315 e. The van der Waals surface area contributed by atoms with E-state index >= 15 is 0 Å². The zero-order chi connectivity index (χ0) is 20.4. The fraction of sp³-hybridized carbons (Fsp3) is 0.619. The summed E-state index contributed by atoms with van der Waals surface area (Å²) in [6, 6.07) is 7.02. The van der Waals surface area contributed by atoms with Crippen molar-refractivity contribution in [2.24, 2.45) is 0 Å². The molecule has 1 fully saturated rings. The molecule has 0 unspecified atom stereocenters. The van der Waals surface area contributed by atoms with E-state index in [4.69, 9.17) is 4.74 Å². The van der Waals surface area contributed by atoms with E-state index in [0.717, 1.165) is 44.6 Å². The molecule has 1 heterocycles. The van der Waals surface area contributed by atoms with Crippen LogP contribution in [0.25, 0.3) is 0 Å². The number of carbonyl (C=O) groups is 2. The van der Waals surface area contributed by atoms with Crippen molar-refractivity contribution in [3.8, 4) is 5.75 Å². The molecule has 1 aromatic carbocycles. The highest BCUT2D eigenvalue weighted by Crippen LogP contribution is 2.25. The Bertz CT molecular complexity index is 632. The number of hydrogen-bond acceptors (Lipinski definition) is 4. The van der Waals surface area contributed by atoms with E-state index < -0.39 is 0 Å². The number of amides is 3. The molecule has 0 saturated carbocycles. The van der Waals surface area contributed by atoms with Gasteiger partial charge in [-0.15, -0.1) is 0 Å². The van der Waals surface area contributed by atoms with Crippen LogP contribution in [0.5, 0.6) is 5.75 Å². The third-order valence-electron chi connectivity index (χ3n) is 4.84. The van der Waals surface area contributed by atoms with Crippen molar-refractivity contribution in [2.75, 3.05) is 44.7 Å². The Kier molecular flexibility index (Phi) is 9.07. The summed E-state index contributed by atoms with van der Waals surface area (Å²) in [6.45, 7) is 8.68. The molecule has 0 spiro atoms. The Morgan fingerprint density at radius 2 is 2.00 bits per heavy atom. The molecule has 3 amide bonds. The van der Waals surface area contributed by atoms with E-state index in [-0.39, 0.29) is 18.0 Å². The molecule has 7 nitrogen and oxygen atoms in total. The molecule has 1 saturated heterocycles. The summed E-state index contributed by atoms with van der Waals surface area (Å²) >= 11 is 0. The van der Waals surface area contributed by atoms with Gasteiger partial charge in [-0.2, -0.15) is 0 Å². The summed E-state index contributed by atoms with van der Waals surface area (Å²) in [5.74, 6) is 0.716. The Morgan fingerprint density at radius 1 is 1.25 bits per heavy atom. The number of benzene rings is 1. The number of nitrogens with zero attached hydrogens (tertiary/aromatic N) is 2. The summed E-state index contributed by atoms with van der Waals surface area (Å²) in [4.78, 5) is 28.6. The van der Waals surface area contributed by atoms with Gasteiger partial charge in [0.2, 0.25) is 5.91 Å². The lowest BCUT2D eigenvalue weighted by Crippen LogP contribution is -2.44. The number of carbonyl (C=O) groups excluding carboxylic acids is 2. The number of hydrogen-bond donors (Lipinski definition) is 2. The van der Waals surface area contributed by atoms with Gasteiger partial charge in [0.05, 0.1) is 13.2 Å². The lowest BCUT2D eigenvalue weighted by molar-refractivity contribution is -0.117. The second-order valence-electron chi connectivity index (χ2n) is 7.20. The van der Waals surface area contributed by atoms with Gasteiger partial charge < -0.3 is 25.2 Å². The van der Waals surface area contributed by atoms with Gasteiger partial charge in [-0.3, -0.25) is 4.79 Å². The molecule has 1 aliphatic heterocycles. The maximum absolute atomic E-state index is 12.3. The maximum atomic E-state index is 12.3. The molecule has 2 rings (SSSR count). The molecule has 156 valence electrons. The van der Waals surface area contributed by atoms with Crippen molar-refractivity contribution in [3.05, 3.63) is 24.3 Å². The number of ether oxygens (including phenoxy) is 1. The first-order chi connectivity index (χ1) is 13.6. The zero-order valence-electron chi connectivity index (χ0n) is 17.4. The van der Waals surface area contributed by atoms with Gasteiger partial charge in [0.1, 0.15) is 5.75 Å². The van der Waals surface area contributed by atoms with E-state index in [2.05, 4.69) is 29.4 Å². The standard InChI is InChI=1S/C21H34N4O3/c1-4-11-24(12-5-2)13-7-10-22-21(27)23-17-14-20(26)25(16-17)18-8-6-9-19(15-18)28-3/h6,8-9,15,17H,4-5,7,10-14,16H2,1-3H3,(H2,22,23,27)/t17-/m1/s1. The highest BCUT2D eigenvalue weighted by Gasteiger charge is 2.31. The Labute approximate surface area is 168 Å². The molecule has 1 aromatic rings. The van der Waals surface area contributed by atoms with Crippen LogP contribution >= 0.6 is 0 Å². The summed E-state index contributed by atoms with van der Waals surface area (Å²) in [7, 11) is 1.60. The number of anilines is 1. The largest absolute Gasteiger partial charge is 0.497 e. The van der Waals surface area contributed by atoms with Crippen LogP contribution in [0, 0.1) is 0 Å². The van der Waals surface area contributed by atoms with Crippen molar-refractivity contribution < 1.29 is 14.3 Å². The minimum atomic E-state index is -0.206. The summed E-state index contributed by atoms with van der Waals surface area (Å²) in [6.07, 6.45) is 3.53. The SMILES string of the molecule is CCCN(CCC)CCCNC(=O)N[C@@H]1CC(=O)N(c2cccc(OC)c2)C1. The van der Waals surface area contributed by atoms with E-state index in [1.165, 1.54) is 0 Å². The molecule has 0 radical (unpaired) electrons. The molecule has 0 aromatic heterocycles. The molecular weight excluding hydrogens is 356 g/mol. The average molecular weight is 391 g/mol. The minimum absolute atomic E-state index is 0.00771. The summed E-state index contributed by atoms with van der Waals surface area (Å²) in [5.41, 5.74) is 0.793. The highest BCUT2D eigenvalue weighted by molar-refractivity contribution is 5.97. The first-order valence-electron chi connectivity index (χ1n) is 10.3. The van der Waals surface area contributed by atoms with Crippen LogP contribution in [0.3, 0.4) is 0 Å². The van der Waals surface area contributed by atoms with Crippen molar-refractivity contribution in [1.82, 2.24) is 15.5 Å². The van der Waals surface area contributed by atoms with Crippen molar-refractivity contribution in [1.29, 1.82) is 0 Å². The van der Waals surface area contributed by atoms with Crippen molar-refractivity contribution in [3.63, 3.8) is 0 Å². The van der Waals surface area contributed by atoms with Gasteiger partial charge in [-0.1, -0.05) is 19.9 Å². The summed E-state index contributed by atoms with van der Waals surface area (Å²) < 4.78 is 5.22. The quantitative estimate of drug-likeness (QED) is 0.570. The van der Waals surface area contributed by atoms with Crippen LogP contribution in [0.4, 0.5) is 10.5 Å². The zero-order valence-corrected chi connectivity index (χ0v) is 17.4. The van der Waals surface area contributed by atoms with Crippen LogP contribution in [-0.2, 0) is 4.79 Å². The normalized spacial score (nSPS) is 16.5. The lowest BCUT2D eigenvalue weighted by Gasteiger charge is -2.21. The van der Waals surface area contributed by atoms with Gasteiger partial charge in [-0.05, 0) is 51.0 Å². The van der Waals surface area contributed by atoms with E-state index in [0.29, 0.717) is 25.3 Å². The topological polar surface area (TPSA) is 73.9 Å². The predicted molar refractivity (Wildman–Crippen MR) is 112 cm³/mol. The second-order valence-corrected chi connectivity index (χ2v) is 7.20. The minimum Gasteiger partial charge on any atom is -0.497 e. The molecular formula is C21H34N4O3.